The number of nitrogen functional groups attached to an aromatic ring is 1. The van der Waals surface area contributed by atoms with Crippen molar-refractivity contribution in [3.05, 3.63) is 42.2 Å². The van der Waals surface area contributed by atoms with Gasteiger partial charge in [-0.1, -0.05) is 0 Å². The molecular weight excluding hydrogens is 237 g/mol. The molecule has 17 heavy (non-hydrogen) atoms. The Morgan fingerprint density at radius 3 is 3.00 bits per heavy atom. The van der Waals surface area contributed by atoms with Gasteiger partial charge in [0.15, 0.2) is 0 Å². The summed E-state index contributed by atoms with van der Waals surface area (Å²) in [5.41, 5.74) is 7.04. The Kier molecular flexibility index (Phi) is 3.68. The molecule has 5 heteroatoms. The molecule has 0 spiro atoms. The smallest absolute Gasteiger partial charge is 0.138 e. The lowest BCUT2D eigenvalue weighted by atomic mass is 10.3. The number of aryl methyl sites for hydroxylation is 1. The van der Waals surface area contributed by atoms with Crippen molar-refractivity contribution < 1.29 is 4.39 Å². The molecule has 1 heterocycles. The highest BCUT2D eigenvalue weighted by Crippen LogP contribution is 2.26. The first-order chi connectivity index (χ1) is 8.20. The van der Waals surface area contributed by atoms with Gasteiger partial charge < -0.3 is 10.3 Å². The zero-order valence-corrected chi connectivity index (χ0v) is 10.4. The maximum Gasteiger partial charge on any atom is 0.138 e. The Balaban J connectivity index is 2.07. The highest BCUT2D eigenvalue weighted by atomic mass is 32.2. The van der Waals surface area contributed by atoms with E-state index in [-0.39, 0.29) is 5.82 Å². The number of anilines is 1. The molecule has 0 amide bonds. The fraction of sp³-hybridized carbons (Fsp3) is 0.250. The molecule has 0 aliphatic rings. The largest absolute Gasteiger partial charge is 0.399 e. The molecule has 0 fully saturated rings. The van der Waals surface area contributed by atoms with Crippen LogP contribution in [0.3, 0.4) is 0 Å². The van der Waals surface area contributed by atoms with Gasteiger partial charge in [0.1, 0.15) is 5.82 Å². The summed E-state index contributed by atoms with van der Waals surface area (Å²) in [4.78, 5) is 4.69. The lowest BCUT2D eigenvalue weighted by molar-refractivity contribution is 0.602. The summed E-state index contributed by atoms with van der Waals surface area (Å²) in [5.74, 6) is 0.437. The second-order valence-corrected chi connectivity index (χ2v) is 4.67. The molecule has 3 nitrogen and oxygen atoms in total. The van der Waals surface area contributed by atoms with E-state index in [1.807, 2.05) is 10.8 Å². The van der Waals surface area contributed by atoms with Gasteiger partial charge in [0.2, 0.25) is 0 Å². The summed E-state index contributed by atoms with van der Waals surface area (Å²) in [6.45, 7) is 2.93. The average molecular weight is 251 g/mol. The number of hydrogen-bond acceptors (Lipinski definition) is 3. The molecule has 1 aromatic carbocycles. The zero-order valence-electron chi connectivity index (χ0n) is 9.56. The summed E-state index contributed by atoms with van der Waals surface area (Å²) in [5, 5.41) is 0. The average Bonchev–Trinajstić information content (AvgIpc) is 2.75. The van der Waals surface area contributed by atoms with Crippen LogP contribution in [0.1, 0.15) is 12.6 Å². The fourth-order valence-electron chi connectivity index (χ4n) is 1.54. The van der Waals surface area contributed by atoms with E-state index < -0.39 is 0 Å². The minimum absolute atomic E-state index is 0.266. The Bertz CT molecular complexity index is 510. The molecule has 2 aromatic rings. The summed E-state index contributed by atoms with van der Waals surface area (Å²) in [7, 11) is 0. The van der Waals surface area contributed by atoms with Crippen molar-refractivity contribution in [1.29, 1.82) is 0 Å². The van der Waals surface area contributed by atoms with Crippen LogP contribution in [0, 0.1) is 5.82 Å². The minimum Gasteiger partial charge on any atom is -0.399 e. The number of nitrogens with zero attached hydrogens (tertiary/aromatic N) is 2. The molecule has 0 aliphatic heterocycles. The van der Waals surface area contributed by atoms with Crippen molar-refractivity contribution in [2.24, 2.45) is 0 Å². The van der Waals surface area contributed by atoms with Crippen LogP contribution < -0.4 is 5.73 Å². The van der Waals surface area contributed by atoms with Crippen LogP contribution in [0.15, 0.2) is 35.6 Å². The van der Waals surface area contributed by atoms with Crippen molar-refractivity contribution in [3.63, 3.8) is 0 Å². The van der Waals surface area contributed by atoms with E-state index in [9.17, 15) is 4.39 Å². The summed E-state index contributed by atoms with van der Waals surface area (Å²) >= 11 is 1.45. The highest BCUT2D eigenvalue weighted by molar-refractivity contribution is 7.98. The Morgan fingerprint density at radius 1 is 1.47 bits per heavy atom. The molecule has 2 rings (SSSR count). The summed E-state index contributed by atoms with van der Waals surface area (Å²) in [6, 6.07) is 4.77. The maximum atomic E-state index is 13.5. The predicted molar refractivity (Wildman–Crippen MR) is 68.3 cm³/mol. The first-order valence-corrected chi connectivity index (χ1v) is 6.36. The van der Waals surface area contributed by atoms with Crippen LogP contribution in [-0.2, 0) is 12.3 Å². The van der Waals surface area contributed by atoms with Crippen molar-refractivity contribution in [2.45, 2.75) is 24.1 Å². The monoisotopic (exact) mass is 251 g/mol. The first-order valence-electron chi connectivity index (χ1n) is 5.37. The number of benzene rings is 1. The maximum absolute atomic E-state index is 13.5. The number of nitrogens with two attached hydrogens (primary N) is 1. The summed E-state index contributed by atoms with van der Waals surface area (Å²) in [6.07, 6.45) is 3.60. The topological polar surface area (TPSA) is 43.8 Å². The lowest BCUT2D eigenvalue weighted by Gasteiger charge is -2.06. The van der Waals surface area contributed by atoms with Crippen molar-refractivity contribution >= 4 is 17.4 Å². The van der Waals surface area contributed by atoms with Gasteiger partial charge in [-0.2, -0.15) is 0 Å². The van der Waals surface area contributed by atoms with E-state index in [0.717, 1.165) is 12.2 Å². The van der Waals surface area contributed by atoms with Crippen molar-refractivity contribution in [3.8, 4) is 0 Å². The SMILES string of the molecule is CCn1cncc1CSc1ccc(N)cc1F. The molecular formula is C12H14FN3S. The number of hydrogen-bond donors (Lipinski definition) is 1. The number of thioether (sulfide) groups is 1. The third-order valence-corrected chi connectivity index (χ3v) is 3.55. The number of imidazole rings is 1. The van der Waals surface area contributed by atoms with Gasteiger partial charge in [0, 0.05) is 34.8 Å². The number of aromatic nitrogens is 2. The normalized spacial score (nSPS) is 10.7. The molecule has 0 atom stereocenters. The molecule has 2 N–H and O–H groups in total. The van der Waals surface area contributed by atoms with Gasteiger partial charge >= 0.3 is 0 Å². The summed E-state index contributed by atoms with van der Waals surface area (Å²) < 4.78 is 15.6. The third-order valence-electron chi connectivity index (χ3n) is 2.47. The van der Waals surface area contributed by atoms with Crippen LogP contribution in [-0.4, -0.2) is 9.55 Å². The fourth-order valence-corrected chi connectivity index (χ4v) is 2.44. The van der Waals surface area contributed by atoms with Crippen LogP contribution in [0.25, 0.3) is 0 Å². The molecule has 0 unspecified atom stereocenters. The third kappa shape index (κ3) is 2.79. The highest BCUT2D eigenvalue weighted by Gasteiger charge is 2.06. The Morgan fingerprint density at radius 2 is 2.29 bits per heavy atom. The molecule has 0 aliphatic carbocycles. The van der Waals surface area contributed by atoms with E-state index in [2.05, 4.69) is 11.9 Å². The van der Waals surface area contributed by atoms with Gasteiger partial charge in [-0.3, -0.25) is 0 Å². The standard InChI is InChI=1S/C12H14FN3S/c1-2-16-8-15-6-10(16)7-17-12-4-3-9(14)5-11(12)13/h3-6,8H,2,7,14H2,1H3. The van der Waals surface area contributed by atoms with Crippen LogP contribution in [0.2, 0.25) is 0 Å². The second-order valence-electron chi connectivity index (χ2n) is 3.65. The first kappa shape index (κ1) is 12.0. The molecule has 90 valence electrons. The van der Waals surface area contributed by atoms with Crippen LogP contribution in [0.4, 0.5) is 10.1 Å². The van der Waals surface area contributed by atoms with Gasteiger partial charge in [-0.05, 0) is 25.1 Å². The molecule has 0 bridgehead atoms. The van der Waals surface area contributed by atoms with Crippen molar-refractivity contribution in [1.82, 2.24) is 9.55 Å². The van der Waals surface area contributed by atoms with E-state index in [0.29, 0.717) is 16.3 Å². The molecule has 0 radical (unpaired) electrons. The van der Waals surface area contributed by atoms with Crippen LogP contribution in [0.5, 0.6) is 0 Å². The van der Waals surface area contributed by atoms with E-state index in [1.165, 1.54) is 17.8 Å². The van der Waals surface area contributed by atoms with Gasteiger partial charge in [0.05, 0.1) is 6.33 Å². The molecule has 1 aromatic heterocycles. The predicted octanol–water partition coefficient (Wildman–Crippen LogP) is 2.92. The Labute approximate surface area is 104 Å². The minimum atomic E-state index is -0.266. The number of rotatable bonds is 4. The van der Waals surface area contributed by atoms with Crippen molar-refractivity contribution in [2.75, 3.05) is 5.73 Å². The molecule has 0 saturated heterocycles. The zero-order chi connectivity index (χ0) is 12.3. The van der Waals surface area contributed by atoms with Gasteiger partial charge in [-0.25, -0.2) is 9.37 Å². The van der Waals surface area contributed by atoms with Gasteiger partial charge in [-0.15, -0.1) is 11.8 Å². The van der Waals surface area contributed by atoms with E-state index in [4.69, 9.17) is 5.73 Å². The van der Waals surface area contributed by atoms with E-state index in [1.54, 1.807) is 18.5 Å². The Hall–Kier alpha value is -1.49. The number of halogens is 1. The van der Waals surface area contributed by atoms with Crippen LogP contribution >= 0.6 is 11.8 Å². The van der Waals surface area contributed by atoms with Gasteiger partial charge in [0.25, 0.3) is 0 Å². The quantitative estimate of drug-likeness (QED) is 0.671. The molecule has 0 saturated carbocycles. The van der Waals surface area contributed by atoms with E-state index >= 15 is 0 Å². The second kappa shape index (κ2) is 5.23. The lowest BCUT2D eigenvalue weighted by Crippen LogP contribution is -1.97.